The predicted octanol–water partition coefficient (Wildman–Crippen LogP) is 4.10. The molecule has 0 aliphatic carbocycles. The summed E-state index contributed by atoms with van der Waals surface area (Å²) in [6.07, 6.45) is 1.23. The molecule has 0 aliphatic rings. The van der Waals surface area contributed by atoms with E-state index < -0.39 is 4.92 Å². The predicted molar refractivity (Wildman–Crippen MR) is 77.9 cm³/mol. The number of nitrogens with one attached hydrogen (secondary N) is 1. The Morgan fingerprint density at radius 1 is 1.53 bits per heavy atom. The zero-order valence-electron chi connectivity index (χ0n) is 10.9. The molecule has 19 heavy (non-hydrogen) atoms. The Kier molecular flexibility index (Phi) is 5.31. The number of nitro groups is 1. The molecule has 6 heteroatoms. The van der Waals surface area contributed by atoms with Gasteiger partial charge in [-0.3, -0.25) is 10.1 Å². The van der Waals surface area contributed by atoms with E-state index in [1.54, 1.807) is 12.1 Å². The number of nitriles is 1. The highest BCUT2D eigenvalue weighted by Crippen LogP contribution is 2.30. The number of benzene rings is 1. The first-order chi connectivity index (χ1) is 8.85. The highest BCUT2D eigenvalue weighted by Gasteiger charge is 2.20. The third-order valence-electron chi connectivity index (χ3n) is 2.83. The van der Waals surface area contributed by atoms with E-state index in [0.29, 0.717) is 23.1 Å². The molecule has 0 heterocycles. The summed E-state index contributed by atoms with van der Waals surface area (Å²) in [5.74, 6) is 0. The molecule has 1 N–H and O–H groups in total. The van der Waals surface area contributed by atoms with Gasteiger partial charge in [-0.05, 0) is 24.0 Å². The lowest BCUT2D eigenvalue weighted by Crippen LogP contribution is -2.23. The third kappa shape index (κ3) is 4.87. The van der Waals surface area contributed by atoms with Gasteiger partial charge in [-0.2, -0.15) is 5.26 Å². The summed E-state index contributed by atoms with van der Waals surface area (Å²) in [5.41, 5.74) is 0.458. The molecule has 1 rings (SSSR count). The van der Waals surface area contributed by atoms with Crippen LogP contribution in [0, 0.1) is 26.9 Å². The summed E-state index contributed by atoms with van der Waals surface area (Å²) in [6, 6.07) is 7.04. The summed E-state index contributed by atoms with van der Waals surface area (Å²) >= 11 is 3.22. The van der Waals surface area contributed by atoms with Crippen LogP contribution in [0.5, 0.6) is 0 Å². The molecule has 0 radical (unpaired) electrons. The first-order valence-electron chi connectivity index (χ1n) is 5.90. The van der Waals surface area contributed by atoms with Crippen molar-refractivity contribution in [1.82, 2.24) is 0 Å². The Bertz CT molecular complexity index is 509. The minimum Gasteiger partial charge on any atom is -0.379 e. The van der Waals surface area contributed by atoms with Gasteiger partial charge in [-0.25, -0.2) is 0 Å². The maximum Gasteiger partial charge on any atom is 0.293 e. The molecular weight excluding hydrogens is 310 g/mol. The molecule has 0 aromatic heterocycles. The van der Waals surface area contributed by atoms with Gasteiger partial charge in [-0.15, -0.1) is 0 Å². The molecule has 0 saturated carbocycles. The van der Waals surface area contributed by atoms with Crippen LogP contribution in [-0.4, -0.2) is 11.5 Å². The Balaban J connectivity index is 2.78. The highest BCUT2D eigenvalue weighted by atomic mass is 79.9. The van der Waals surface area contributed by atoms with Crippen molar-refractivity contribution in [2.45, 2.75) is 26.7 Å². The highest BCUT2D eigenvalue weighted by molar-refractivity contribution is 9.10. The van der Waals surface area contributed by atoms with Crippen LogP contribution in [0.15, 0.2) is 22.7 Å². The Morgan fingerprint density at radius 2 is 2.21 bits per heavy atom. The van der Waals surface area contributed by atoms with Crippen molar-refractivity contribution in [1.29, 1.82) is 5.26 Å². The van der Waals surface area contributed by atoms with Gasteiger partial charge in [0.25, 0.3) is 5.69 Å². The van der Waals surface area contributed by atoms with Gasteiger partial charge in [-0.1, -0.05) is 29.8 Å². The molecule has 0 bridgehead atoms. The maximum atomic E-state index is 11.0. The van der Waals surface area contributed by atoms with Crippen LogP contribution in [0.3, 0.4) is 0 Å². The lowest BCUT2D eigenvalue weighted by molar-refractivity contribution is -0.384. The van der Waals surface area contributed by atoms with Gasteiger partial charge < -0.3 is 5.32 Å². The standard InChI is InChI=1S/C13H16BrN3O2/c1-13(2,6-3-7-15)9-16-11-5-4-10(14)8-12(11)17(18)19/h4-5,8,16H,3,6,9H2,1-2H3. The van der Waals surface area contributed by atoms with Gasteiger partial charge >= 0.3 is 0 Å². The summed E-state index contributed by atoms with van der Waals surface area (Å²) in [7, 11) is 0. The Morgan fingerprint density at radius 3 is 2.79 bits per heavy atom. The van der Waals surface area contributed by atoms with Crippen molar-refractivity contribution in [3.63, 3.8) is 0 Å². The quantitative estimate of drug-likeness (QED) is 0.630. The normalized spacial score (nSPS) is 10.8. The number of hydrogen-bond acceptors (Lipinski definition) is 4. The number of nitro benzene ring substituents is 1. The van der Waals surface area contributed by atoms with E-state index in [4.69, 9.17) is 5.26 Å². The Hall–Kier alpha value is -1.61. The molecule has 102 valence electrons. The van der Waals surface area contributed by atoms with Crippen LogP contribution in [0.4, 0.5) is 11.4 Å². The van der Waals surface area contributed by atoms with Crippen LogP contribution in [0.2, 0.25) is 0 Å². The molecule has 1 aromatic rings. The summed E-state index contributed by atoms with van der Waals surface area (Å²) in [6.45, 7) is 4.64. The number of hydrogen-bond donors (Lipinski definition) is 1. The largest absolute Gasteiger partial charge is 0.379 e. The molecular formula is C13H16BrN3O2. The van der Waals surface area contributed by atoms with Crippen molar-refractivity contribution in [3.8, 4) is 6.07 Å². The van der Waals surface area contributed by atoms with Gasteiger partial charge in [0.2, 0.25) is 0 Å². The second-order valence-electron chi connectivity index (χ2n) is 5.09. The maximum absolute atomic E-state index is 11.0. The average molecular weight is 326 g/mol. The van der Waals surface area contributed by atoms with Crippen molar-refractivity contribution < 1.29 is 4.92 Å². The van der Waals surface area contributed by atoms with E-state index in [1.807, 2.05) is 13.8 Å². The minimum atomic E-state index is -0.407. The van der Waals surface area contributed by atoms with Crippen LogP contribution < -0.4 is 5.32 Å². The smallest absolute Gasteiger partial charge is 0.293 e. The van der Waals surface area contributed by atoms with Crippen molar-refractivity contribution in [3.05, 3.63) is 32.8 Å². The first-order valence-corrected chi connectivity index (χ1v) is 6.70. The minimum absolute atomic E-state index is 0.0467. The van der Waals surface area contributed by atoms with Crippen molar-refractivity contribution in [2.75, 3.05) is 11.9 Å². The molecule has 0 fully saturated rings. The van der Waals surface area contributed by atoms with E-state index in [1.165, 1.54) is 6.07 Å². The van der Waals surface area contributed by atoms with E-state index in [2.05, 4.69) is 27.3 Å². The number of anilines is 1. The number of halogens is 1. The summed E-state index contributed by atoms with van der Waals surface area (Å²) in [5, 5.41) is 22.7. The van der Waals surface area contributed by atoms with E-state index in [0.717, 1.165) is 6.42 Å². The van der Waals surface area contributed by atoms with E-state index >= 15 is 0 Å². The second kappa shape index (κ2) is 6.53. The monoisotopic (exact) mass is 325 g/mol. The fourth-order valence-electron chi connectivity index (χ4n) is 1.62. The average Bonchev–Trinajstić information content (AvgIpc) is 2.35. The van der Waals surface area contributed by atoms with Gasteiger partial charge in [0.1, 0.15) is 5.69 Å². The zero-order chi connectivity index (χ0) is 14.5. The van der Waals surface area contributed by atoms with Crippen molar-refractivity contribution >= 4 is 27.3 Å². The topological polar surface area (TPSA) is 79.0 Å². The zero-order valence-corrected chi connectivity index (χ0v) is 12.5. The Labute approximate surface area is 120 Å². The van der Waals surface area contributed by atoms with Crippen molar-refractivity contribution in [2.24, 2.45) is 5.41 Å². The SMILES string of the molecule is CC(C)(CCC#N)CNc1ccc(Br)cc1[N+](=O)[O-]. The van der Waals surface area contributed by atoms with Crippen LogP contribution >= 0.6 is 15.9 Å². The molecule has 1 aromatic carbocycles. The molecule has 0 saturated heterocycles. The third-order valence-corrected chi connectivity index (χ3v) is 3.32. The molecule has 0 unspecified atom stereocenters. The van der Waals surface area contributed by atoms with Crippen LogP contribution in [0.25, 0.3) is 0 Å². The van der Waals surface area contributed by atoms with E-state index in [9.17, 15) is 10.1 Å². The molecule has 0 aliphatic heterocycles. The lowest BCUT2D eigenvalue weighted by Gasteiger charge is -2.24. The van der Waals surface area contributed by atoms with E-state index in [-0.39, 0.29) is 11.1 Å². The molecule has 0 atom stereocenters. The number of nitrogens with zero attached hydrogens (tertiary/aromatic N) is 2. The van der Waals surface area contributed by atoms with Crippen LogP contribution in [0.1, 0.15) is 26.7 Å². The van der Waals surface area contributed by atoms with Gasteiger partial charge in [0.15, 0.2) is 0 Å². The number of rotatable bonds is 6. The molecule has 5 nitrogen and oxygen atoms in total. The summed E-state index contributed by atoms with van der Waals surface area (Å²) in [4.78, 5) is 10.6. The fourth-order valence-corrected chi connectivity index (χ4v) is 1.97. The molecule has 0 amide bonds. The lowest BCUT2D eigenvalue weighted by atomic mass is 9.88. The first kappa shape index (κ1) is 15.4. The fraction of sp³-hybridized carbons (Fsp3) is 0.462. The molecule has 0 spiro atoms. The van der Waals surface area contributed by atoms with Gasteiger partial charge in [0.05, 0.1) is 11.0 Å². The second-order valence-corrected chi connectivity index (χ2v) is 6.01. The van der Waals surface area contributed by atoms with Crippen LogP contribution in [-0.2, 0) is 0 Å². The summed E-state index contributed by atoms with van der Waals surface area (Å²) < 4.78 is 0.675. The van der Waals surface area contributed by atoms with Gasteiger partial charge in [0, 0.05) is 23.5 Å².